The molecule has 0 spiro atoms. The highest BCUT2D eigenvalue weighted by Gasteiger charge is 2.48. The maximum absolute atomic E-state index is 13.3. The Morgan fingerprint density at radius 2 is 1.93 bits per heavy atom. The molecule has 0 bridgehead atoms. The van der Waals surface area contributed by atoms with Crippen LogP contribution in [0.3, 0.4) is 0 Å². The lowest BCUT2D eigenvalue weighted by molar-refractivity contribution is -0.127. The predicted molar refractivity (Wildman–Crippen MR) is 103 cm³/mol. The molecular weight excluding hydrogens is 417 g/mol. The van der Waals surface area contributed by atoms with E-state index < -0.39 is 33.8 Å². The van der Waals surface area contributed by atoms with E-state index >= 15 is 0 Å². The van der Waals surface area contributed by atoms with E-state index in [9.17, 15) is 22.4 Å². The molecule has 2 amide bonds. The van der Waals surface area contributed by atoms with Gasteiger partial charge in [0.15, 0.2) is 11.9 Å². The summed E-state index contributed by atoms with van der Waals surface area (Å²) >= 11 is 0. The summed E-state index contributed by atoms with van der Waals surface area (Å²) in [6.45, 7) is 3.03. The molecule has 1 aliphatic heterocycles. The number of carbonyl (C=O) groups is 2. The Bertz CT molecular complexity index is 1030. The molecule has 2 aromatic rings. The second-order valence-electron chi connectivity index (χ2n) is 6.73. The first-order valence-corrected chi connectivity index (χ1v) is 10.6. The van der Waals surface area contributed by atoms with Gasteiger partial charge in [-0.1, -0.05) is 5.16 Å². The van der Waals surface area contributed by atoms with Crippen LogP contribution in [0.5, 0.6) is 0 Å². The van der Waals surface area contributed by atoms with Gasteiger partial charge >= 0.3 is 0 Å². The highest BCUT2D eigenvalue weighted by atomic mass is 32.2. The van der Waals surface area contributed by atoms with Gasteiger partial charge in [-0.3, -0.25) is 9.59 Å². The highest BCUT2D eigenvalue weighted by Crippen LogP contribution is 2.29. The number of aryl methyl sites for hydroxylation is 2. The van der Waals surface area contributed by atoms with E-state index in [1.54, 1.807) is 0 Å². The maximum Gasteiger partial charge on any atom is 0.259 e. The van der Waals surface area contributed by atoms with E-state index in [1.165, 1.54) is 26.0 Å². The third-order valence-corrected chi connectivity index (χ3v) is 6.79. The standard InChI is InChI=1S/C18H22FN5O5S/c1-11-15(12(2)29-22-11)30(27,28)24-10-9-23(17(24)16(25)21-8-7-20)18(26)13-3-5-14(19)6-4-13/h3-6,17H,7-10,20H2,1-2H3,(H,21,25). The van der Waals surface area contributed by atoms with Crippen molar-refractivity contribution in [2.24, 2.45) is 5.73 Å². The molecule has 162 valence electrons. The van der Waals surface area contributed by atoms with Gasteiger partial charge in [-0.2, -0.15) is 4.31 Å². The Morgan fingerprint density at radius 3 is 2.50 bits per heavy atom. The summed E-state index contributed by atoms with van der Waals surface area (Å²) < 4.78 is 45.7. The lowest BCUT2D eigenvalue weighted by Gasteiger charge is -2.28. The van der Waals surface area contributed by atoms with Gasteiger partial charge in [0, 0.05) is 31.7 Å². The van der Waals surface area contributed by atoms with Crippen LogP contribution in [0.15, 0.2) is 33.7 Å². The number of halogens is 1. The number of aromatic nitrogens is 1. The molecule has 2 heterocycles. The molecule has 1 aliphatic rings. The number of carbonyl (C=O) groups excluding carboxylic acids is 2. The van der Waals surface area contributed by atoms with Crippen molar-refractivity contribution >= 4 is 21.8 Å². The molecule has 1 atom stereocenters. The summed E-state index contributed by atoms with van der Waals surface area (Å²) in [5.74, 6) is -1.73. The van der Waals surface area contributed by atoms with Crippen LogP contribution in [0.4, 0.5) is 4.39 Å². The molecule has 1 aromatic heterocycles. The van der Waals surface area contributed by atoms with Crippen molar-refractivity contribution < 1.29 is 26.9 Å². The Balaban J connectivity index is 2.00. The topological polar surface area (TPSA) is 139 Å². The Morgan fingerprint density at radius 1 is 1.27 bits per heavy atom. The summed E-state index contributed by atoms with van der Waals surface area (Å²) in [6.07, 6.45) is -1.44. The molecular formula is C18H22FN5O5S. The number of benzene rings is 1. The molecule has 0 saturated carbocycles. The van der Waals surface area contributed by atoms with Gasteiger partial charge in [-0.25, -0.2) is 12.8 Å². The zero-order valence-electron chi connectivity index (χ0n) is 16.5. The van der Waals surface area contributed by atoms with Crippen LogP contribution in [0, 0.1) is 19.7 Å². The quantitative estimate of drug-likeness (QED) is 0.645. The third kappa shape index (κ3) is 3.93. The summed E-state index contributed by atoms with van der Waals surface area (Å²) in [4.78, 5) is 26.8. The number of nitrogens with one attached hydrogen (secondary N) is 1. The first kappa shape index (κ1) is 21.9. The van der Waals surface area contributed by atoms with Gasteiger partial charge in [0.1, 0.15) is 16.4 Å². The van der Waals surface area contributed by atoms with Gasteiger partial charge in [0.2, 0.25) is 0 Å². The smallest absolute Gasteiger partial charge is 0.259 e. The van der Waals surface area contributed by atoms with Crippen molar-refractivity contribution in [1.29, 1.82) is 0 Å². The molecule has 3 rings (SSSR count). The highest BCUT2D eigenvalue weighted by molar-refractivity contribution is 7.89. The number of rotatable bonds is 6. The Hall–Kier alpha value is -2.83. The Labute approximate surface area is 172 Å². The molecule has 0 radical (unpaired) electrons. The fourth-order valence-corrected chi connectivity index (χ4v) is 5.19. The fourth-order valence-electron chi connectivity index (χ4n) is 3.35. The minimum Gasteiger partial charge on any atom is -0.360 e. The second kappa shape index (κ2) is 8.50. The lowest BCUT2D eigenvalue weighted by atomic mass is 10.2. The molecule has 1 aromatic carbocycles. The monoisotopic (exact) mass is 439 g/mol. The molecule has 1 unspecified atom stereocenters. The van der Waals surface area contributed by atoms with E-state index in [2.05, 4.69) is 10.5 Å². The second-order valence-corrected chi connectivity index (χ2v) is 8.56. The van der Waals surface area contributed by atoms with Gasteiger partial charge in [0.25, 0.3) is 21.8 Å². The molecule has 30 heavy (non-hydrogen) atoms. The van der Waals surface area contributed by atoms with Crippen molar-refractivity contribution in [1.82, 2.24) is 19.7 Å². The van der Waals surface area contributed by atoms with Crippen molar-refractivity contribution in [3.05, 3.63) is 47.1 Å². The molecule has 3 N–H and O–H groups in total. The minimum atomic E-state index is -4.20. The number of hydrogen-bond donors (Lipinski definition) is 2. The van der Waals surface area contributed by atoms with E-state index in [4.69, 9.17) is 10.3 Å². The first-order valence-electron chi connectivity index (χ1n) is 9.17. The van der Waals surface area contributed by atoms with E-state index in [-0.39, 0.29) is 48.1 Å². The molecule has 10 nitrogen and oxygen atoms in total. The minimum absolute atomic E-state index is 0.0282. The van der Waals surface area contributed by atoms with E-state index in [1.807, 2.05) is 0 Å². The number of amides is 2. The molecule has 1 fully saturated rings. The van der Waals surface area contributed by atoms with E-state index in [0.717, 1.165) is 21.3 Å². The van der Waals surface area contributed by atoms with Crippen molar-refractivity contribution in [3.63, 3.8) is 0 Å². The van der Waals surface area contributed by atoms with Gasteiger partial charge < -0.3 is 20.5 Å². The number of hydrogen-bond acceptors (Lipinski definition) is 7. The van der Waals surface area contributed by atoms with Gasteiger partial charge in [0.05, 0.1) is 0 Å². The van der Waals surface area contributed by atoms with Crippen LogP contribution in [0.2, 0.25) is 0 Å². The zero-order chi connectivity index (χ0) is 22.1. The van der Waals surface area contributed by atoms with Crippen LogP contribution in [0.1, 0.15) is 21.8 Å². The predicted octanol–water partition coefficient (Wildman–Crippen LogP) is -0.0218. The largest absolute Gasteiger partial charge is 0.360 e. The van der Waals surface area contributed by atoms with Gasteiger partial charge in [-0.05, 0) is 38.1 Å². The average molecular weight is 439 g/mol. The van der Waals surface area contributed by atoms with E-state index in [0.29, 0.717) is 0 Å². The molecule has 0 aliphatic carbocycles. The average Bonchev–Trinajstić information content (AvgIpc) is 3.30. The van der Waals surface area contributed by atoms with Crippen LogP contribution >= 0.6 is 0 Å². The lowest BCUT2D eigenvalue weighted by Crippen LogP contribution is -2.54. The van der Waals surface area contributed by atoms with Crippen LogP contribution in [0.25, 0.3) is 0 Å². The molecule has 12 heteroatoms. The summed E-state index contributed by atoms with van der Waals surface area (Å²) in [5, 5.41) is 6.20. The number of nitrogens with zero attached hydrogens (tertiary/aromatic N) is 3. The normalized spacial score (nSPS) is 17.3. The van der Waals surface area contributed by atoms with Crippen molar-refractivity contribution in [2.45, 2.75) is 24.9 Å². The summed E-state index contributed by atoms with van der Waals surface area (Å²) in [6, 6.07) is 4.78. The van der Waals surface area contributed by atoms with Crippen LogP contribution in [-0.2, 0) is 14.8 Å². The SMILES string of the molecule is Cc1noc(C)c1S(=O)(=O)N1CCN(C(=O)c2ccc(F)cc2)C1C(=O)NCCN. The maximum atomic E-state index is 13.3. The number of sulfonamides is 1. The Kier molecular flexibility index (Phi) is 6.19. The first-order chi connectivity index (χ1) is 14.2. The van der Waals surface area contributed by atoms with Crippen molar-refractivity contribution in [3.8, 4) is 0 Å². The summed E-state index contributed by atoms with van der Waals surface area (Å²) in [7, 11) is -4.20. The van der Waals surface area contributed by atoms with Crippen LogP contribution in [-0.4, -0.2) is 66.9 Å². The summed E-state index contributed by atoms with van der Waals surface area (Å²) in [5.41, 5.74) is 5.71. The van der Waals surface area contributed by atoms with Gasteiger partial charge in [-0.15, -0.1) is 0 Å². The molecule has 1 saturated heterocycles. The number of nitrogens with two attached hydrogens (primary N) is 1. The third-order valence-electron chi connectivity index (χ3n) is 4.69. The van der Waals surface area contributed by atoms with Crippen molar-refractivity contribution in [2.75, 3.05) is 26.2 Å². The fraction of sp³-hybridized carbons (Fsp3) is 0.389. The van der Waals surface area contributed by atoms with Crippen LogP contribution < -0.4 is 11.1 Å². The zero-order valence-corrected chi connectivity index (χ0v) is 17.3.